The van der Waals surface area contributed by atoms with Gasteiger partial charge < -0.3 is 14.5 Å². The van der Waals surface area contributed by atoms with E-state index in [4.69, 9.17) is 9.15 Å². The maximum atomic E-state index is 11.1. The van der Waals surface area contributed by atoms with Crippen LogP contribution in [0.1, 0.15) is 12.5 Å². The molecule has 4 nitrogen and oxygen atoms in total. The lowest BCUT2D eigenvalue weighted by atomic mass is 10.1. The van der Waals surface area contributed by atoms with Crippen molar-refractivity contribution in [1.29, 1.82) is 0 Å². The van der Waals surface area contributed by atoms with E-state index in [1.807, 2.05) is 6.07 Å². The molecule has 1 N–H and O–H groups in total. The van der Waals surface area contributed by atoms with Gasteiger partial charge in [-0.2, -0.15) is 0 Å². The highest BCUT2D eigenvalue weighted by Crippen LogP contribution is 2.26. The van der Waals surface area contributed by atoms with Gasteiger partial charge in [-0.15, -0.1) is 0 Å². The summed E-state index contributed by atoms with van der Waals surface area (Å²) < 4.78 is 10.4. The van der Waals surface area contributed by atoms with Gasteiger partial charge in [0.25, 0.3) is 0 Å². The zero-order chi connectivity index (χ0) is 11.5. The average molecular weight is 219 g/mol. The lowest BCUT2D eigenvalue weighted by Crippen LogP contribution is -2.21. The molecule has 16 heavy (non-hydrogen) atoms. The van der Waals surface area contributed by atoms with Crippen LogP contribution < -0.4 is 10.1 Å². The fourth-order valence-electron chi connectivity index (χ4n) is 1.56. The van der Waals surface area contributed by atoms with Crippen molar-refractivity contribution >= 4 is 17.1 Å². The number of carbonyl (C=O) groups is 1. The van der Waals surface area contributed by atoms with Crippen LogP contribution in [0.2, 0.25) is 0 Å². The van der Waals surface area contributed by atoms with Gasteiger partial charge in [0.15, 0.2) is 0 Å². The summed E-state index contributed by atoms with van der Waals surface area (Å²) in [5.41, 5.74) is 1.92. The molecule has 0 aliphatic carbocycles. The van der Waals surface area contributed by atoms with E-state index >= 15 is 0 Å². The Balaban J connectivity index is 2.37. The molecule has 0 saturated carbocycles. The number of benzene rings is 1. The van der Waals surface area contributed by atoms with Gasteiger partial charge in [0.2, 0.25) is 0 Å². The molecule has 0 aliphatic heterocycles. The summed E-state index contributed by atoms with van der Waals surface area (Å²) in [7, 11) is 1.52. The van der Waals surface area contributed by atoms with Gasteiger partial charge in [-0.25, -0.2) is 4.79 Å². The smallest absolute Gasteiger partial charge is 0.412 e. The molecule has 0 unspecified atom stereocenters. The van der Waals surface area contributed by atoms with Crippen LogP contribution in [0.25, 0.3) is 11.0 Å². The number of nitrogens with one attached hydrogen (secondary N) is 1. The molecule has 4 heteroatoms. The quantitative estimate of drug-likeness (QED) is 0.844. The van der Waals surface area contributed by atoms with Gasteiger partial charge in [-0.3, -0.25) is 0 Å². The van der Waals surface area contributed by atoms with Crippen molar-refractivity contribution in [3.8, 4) is 5.75 Å². The molecular weight excluding hydrogens is 206 g/mol. The van der Waals surface area contributed by atoms with Crippen LogP contribution in [0.3, 0.4) is 0 Å². The minimum Gasteiger partial charge on any atom is -0.464 e. The summed E-state index contributed by atoms with van der Waals surface area (Å²) in [5.74, 6) is 0.517. The standard InChI is InChI=1S/C12H13NO3/c1-3-8-7-15-11-5-4-9(6-10(8)11)16-12(14)13-2/h4-7H,3H2,1-2H3,(H,13,14). The Labute approximate surface area is 93.2 Å². The number of fused-ring (bicyclic) bond motifs is 1. The largest absolute Gasteiger partial charge is 0.464 e. The van der Waals surface area contributed by atoms with E-state index in [-0.39, 0.29) is 0 Å². The first kappa shape index (κ1) is 10.5. The fourth-order valence-corrected chi connectivity index (χ4v) is 1.56. The zero-order valence-corrected chi connectivity index (χ0v) is 9.24. The lowest BCUT2D eigenvalue weighted by Gasteiger charge is -2.02. The third-order valence-electron chi connectivity index (χ3n) is 2.42. The predicted molar refractivity (Wildman–Crippen MR) is 60.7 cm³/mol. The molecule has 84 valence electrons. The molecule has 2 rings (SSSR count). The van der Waals surface area contributed by atoms with Crippen LogP contribution in [-0.4, -0.2) is 13.1 Å². The molecule has 1 amide bonds. The van der Waals surface area contributed by atoms with Crippen molar-refractivity contribution in [1.82, 2.24) is 5.32 Å². The van der Waals surface area contributed by atoms with Gasteiger partial charge in [-0.05, 0) is 30.2 Å². The number of hydrogen-bond acceptors (Lipinski definition) is 3. The Morgan fingerprint density at radius 2 is 2.31 bits per heavy atom. The third-order valence-corrected chi connectivity index (χ3v) is 2.42. The Kier molecular flexibility index (Phi) is 2.81. The number of amides is 1. The SMILES string of the molecule is CCc1coc2ccc(OC(=O)NC)cc12. The van der Waals surface area contributed by atoms with E-state index < -0.39 is 6.09 Å². The number of aryl methyl sites for hydroxylation is 1. The minimum atomic E-state index is -0.471. The lowest BCUT2D eigenvalue weighted by molar-refractivity contribution is 0.203. The first-order chi connectivity index (χ1) is 7.74. The number of rotatable bonds is 2. The number of hydrogen-bond donors (Lipinski definition) is 1. The molecule has 0 spiro atoms. The first-order valence-electron chi connectivity index (χ1n) is 5.14. The highest BCUT2D eigenvalue weighted by molar-refractivity contribution is 5.83. The van der Waals surface area contributed by atoms with Crippen molar-refractivity contribution in [2.75, 3.05) is 7.05 Å². The summed E-state index contributed by atoms with van der Waals surface area (Å²) in [5, 5.41) is 3.39. The number of ether oxygens (including phenoxy) is 1. The third kappa shape index (κ3) is 1.86. The molecule has 2 aromatic rings. The summed E-state index contributed by atoms with van der Waals surface area (Å²) in [6, 6.07) is 5.32. The molecule has 0 bridgehead atoms. The van der Waals surface area contributed by atoms with Crippen LogP contribution in [0.5, 0.6) is 5.75 Å². The van der Waals surface area contributed by atoms with E-state index in [0.717, 1.165) is 23.0 Å². The van der Waals surface area contributed by atoms with Crippen LogP contribution in [0.4, 0.5) is 4.79 Å². The van der Waals surface area contributed by atoms with Crippen LogP contribution in [0, 0.1) is 0 Å². The van der Waals surface area contributed by atoms with Crippen molar-refractivity contribution in [2.45, 2.75) is 13.3 Å². The van der Waals surface area contributed by atoms with Gasteiger partial charge >= 0.3 is 6.09 Å². The average Bonchev–Trinajstić information content (AvgIpc) is 2.71. The van der Waals surface area contributed by atoms with Gasteiger partial charge in [0.1, 0.15) is 11.3 Å². The van der Waals surface area contributed by atoms with Crippen molar-refractivity contribution in [3.63, 3.8) is 0 Å². The Morgan fingerprint density at radius 3 is 3.00 bits per heavy atom. The summed E-state index contributed by atoms with van der Waals surface area (Å²) in [4.78, 5) is 11.1. The highest BCUT2D eigenvalue weighted by atomic mass is 16.5. The first-order valence-corrected chi connectivity index (χ1v) is 5.14. The monoisotopic (exact) mass is 219 g/mol. The van der Waals surface area contributed by atoms with E-state index in [0.29, 0.717) is 5.75 Å². The Morgan fingerprint density at radius 1 is 1.50 bits per heavy atom. The second kappa shape index (κ2) is 4.26. The van der Waals surface area contributed by atoms with Crippen molar-refractivity contribution in [2.24, 2.45) is 0 Å². The van der Waals surface area contributed by atoms with Crippen molar-refractivity contribution < 1.29 is 13.9 Å². The summed E-state index contributed by atoms with van der Waals surface area (Å²) in [6.45, 7) is 2.05. The van der Waals surface area contributed by atoms with Gasteiger partial charge in [0.05, 0.1) is 6.26 Å². The predicted octanol–water partition coefficient (Wildman–Crippen LogP) is 2.71. The zero-order valence-electron chi connectivity index (χ0n) is 9.24. The highest BCUT2D eigenvalue weighted by Gasteiger charge is 2.07. The molecule has 0 atom stereocenters. The molecule has 1 aromatic heterocycles. The molecule has 0 radical (unpaired) electrons. The topological polar surface area (TPSA) is 51.5 Å². The van der Waals surface area contributed by atoms with E-state index in [9.17, 15) is 4.79 Å². The second-order valence-corrected chi connectivity index (χ2v) is 3.41. The number of furan rings is 1. The fraction of sp³-hybridized carbons (Fsp3) is 0.250. The minimum absolute atomic E-state index is 0.471. The Bertz CT molecular complexity index is 516. The maximum absolute atomic E-state index is 11.1. The normalized spacial score (nSPS) is 10.4. The van der Waals surface area contributed by atoms with E-state index in [1.165, 1.54) is 7.05 Å². The molecule has 0 aliphatic rings. The van der Waals surface area contributed by atoms with E-state index in [2.05, 4.69) is 12.2 Å². The van der Waals surface area contributed by atoms with Gasteiger partial charge in [-0.1, -0.05) is 6.92 Å². The molecule has 1 heterocycles. The van der Waals surface area contributed by atoms with Gasteiger partial charge in [0, 0.05) is 12.4 Å². The second-order valence-electron chi connectivity index (χ2n) is 3.41. The van der Waals surface area contributed by atoms with Crippen LogP contribution in [0.15, 0.2) is 28.9 Å². The molecular formula is C12H13NO3. The Hall–Kier alpha value is -1.97. The van der Waals surface area contributed by atoms with Crippen LogP contribution in [-0.2, 0) is 6.42 Å². The molecule has 0 saturated heterocycles. The summed E-state index contributed by atoms with van der Waals surface area (Å²) in [6.07, 6.45) is 2.14. The summed E-state index contributed by atoms with van der Waals surface area (Å²) >= 11 is 0. The van der Waals surface area contributed by atoms with Crippen molar-refractivity contribution in [3.05, 3.63) is 30.0 Å². The number of carbonyl (C=O) groups excluding carboxylic acids is 1. The van der Waals surface area contributed by atoms with Crippen LogP contribution >= 0.6 is 0 Å². The molecule has 1 aromatic carbocycles. The van der Waals surface area contributed by atoms with E-state index in [1.54, 1.807) is 18.4 Å². The maximum Gasteiger partial charge on any atom is 0.412 e. The molecule has 0 fully saturated rings.